The molecule has 10 heavy (non-hydrogen) atoms. The van der Waals surface area contributed by atoms with Gasteiger partial charge in [-0.05, 0) is 18.7 Å². The molecule has 0 aliphatic rings. The minimum Gasteiger partial charge on any atom is -0.249 e. The summed E-state index contributed by atoms with van der Waals surface area (Å²) in [5, 5.41) is 12.5. The van der Waals surface area contributed by atoms with Crippen LogP contribution < -0.4 is 0 Å². The van der Waals surface area contributed by atoms with Gasteiger partial charge in [-0.3, -0.25) is 0 Å². The average Bonchev–Trinajstić information content (AvgIpc) is 2.38. The molecule has 0 amide bonds. The second-order valence-corrected chi connectivity index (χ2v) is 3.61. The monoisotopic (exact) mass is 170 g/mol. The lowest BCUT2D eigenvalue weighted by Gasteiger charge is -1.98. The third-order valence-corrected chi connectivity index (χ3v) is 2.40. The van der Waals surface area contributed by atoms with Crippen LogP contribution in [-0.2, 0) is 0 Å². The maximum Gasteiger partial charge on any atom is 0.134 e. The number of aromatic nitrogens is 1. The second-order valence-electron chi connectivity index (χ2n) is 1.76. The molecular formula is C6H6N2S2. The molecule has 0 fully saturated rings. The van der Waals surface area contributed by atoms with Crippen molar-refractivity contribution in [1.29, 1.82) is 5.26 Å². The summed E-state index contributed by atoms with van der Waals surface area (Å²) in [7, 11) is 0. The zero-order chi connectivity index (χ0) is 7.40. The molecule has 0 aliphatic heterocycles. The Morgan fingerprint density at radius 1 is 1.90 bits per heavy atom. The van der Waals surface area contributed by atoms with Crippen LogP contribution in [0.25, 0.3) is 0 Å². The highest BCUT2D eigenvalue weighted by atomic mass is 32.2. The summed E-state index contributed by atoms with van der Waals surface area (Å²) >= 11 is 2.80. The van der Waals surface area contributed by atoms with Gasteiger partial charge < -0.3 is 0 Å². The molecule has 1 atom stereocenters. The van der Waals surface area contributed by atoms with E-state index in [1.165, 1.54) is 11.8 Å². The molecule has 1 heterocycles. The van der Waals surface area contributed by atoms with E-state index < -0.39 is 0 Å². The lowest BCUT2D eigenvalue weighted by molar-refractivity contribution is 1.04. The van der Waals surface area contributed by atoms with Gasteiger partial charge in [-0.1, -0.05) is 0 Å². The molecule has 0 radical (unpaired) electrons. The molecule has 1 aromatic rings. The summed E-state index contributed by atoms with van der Waals surface area (Å²) in [5.74, 6) is 0. The lowest BCUT2D eigenvalue weighted by Crippen LogP contribution is -1.84. The maximum atomic E-state index is 8.32. The fourth-order valence-corrected chi connectivity index (χ4v) is 1.70. The second kappa shape index (κ2) is 3.59. The first-order valence-corrected chi connectivity index (χ1v) is 4.59. The van der Waals surface area contributed by atoms with Gasteiger partial charge in [0.2, 0.25) is 0 Å². The summed E-state index contributed by atoms with van der Waals surface area (Å²) in [4.78, 5) is 4.08. The van der Waals surface area contributed by atoms with Gasteiger partial charge in [-0.2, -0.15) is 5.26 Å². The number of thiazole rings is 1. The Hall–Kier alpha value is -0.530. The van der Waals surface area contributed by atoms with E-state index in [2.05, 4.69) is 4.98 Å². The van der Waals surface area contributed by atoms with Gasteiger partial charge in [-0.15, -0.1) is 11.3 Å². The van der Waals surface area contributed by atoms with Gasteiger partial charge in [0.25, 0.3) is 0 Å². The molecule has 0 unspecified atom stereocenters. The predicted molar refractivity (Wildman–Crippen MR) is 43.7 cm³/mol. The standard InChI is InChI=1S/C6H6N2S2/c1-5(10-3-7)6-2-9-4-8-6/h2,4-5H,1H3/t5-/m1/s1. The Balaban J connectivity index is 2.61. The Morgan fingerprint density at radius 3 is 3.20 bits per heavy atom. The van der Waals surface area contributed by atoms with Gasteiger partial charge in [0.1, 0.15) is 5.40 Å². The van der Waals surface area contributed by atoms with Gasteiger partial charge >= 0.3 is 0 Å². The Kier molecular flexibility index (Phi) is 2.72. The van der Waals surface area contributed by atoms with Gasteiger partial charge in [0, 0.05) is 5.38 Å². The minimum absolute atomic E-state index is 0.205. The van der Waals surface area contributed by atoms with E-state index in [0.717, 1.165) is 5.69 Å². The Bertz CT molecular complexity index is 224. The first-order chi connectivity index (χ1) is 4.84. The molecule has 52 valence electrons. The van der Waals surface area contributed by atoms with Crippen LogP contribution in [0.15, 0.2) is 10.9 Å². The summed E-state index contributed by atoms with van der Waals surface area (Å²) in [5.41, 5.74) is 2.78. The van der Waals surface area contributed by atoms with Crippen LogP contribution >= 0.6 is 23.1 Å². The van der Waals surface area contributed by atoms with Crippen molar-refractivity contribution < 1.29 is 0 Å². The van der Waals surface area contributed by atoms with E-state index in [1.54, 1.807) is 16.8 Å². The van der Waals surface area contributed by atoms with E-state index in [-0.39, 0.29) is 5.25 Å². The number of nitriles is 1. The third-order valence-electron chi connectivity index (χ3n) is 1.10. The van der Waals surface area contributed by atoms with E-state index in [0.29, 0.717) is 0 Å². The molecule has 1 aromatic heterocycles. The summed E-state index contributed by atoms with van der Waals surface area (Å²) < 4.78 is 0. The van der Waals surface area contributed by atoms with Crippen molar-refractivity contribution >= 4 is 23.1 Å². The SMILES string of the molecule is C[C@@H](SC#N)c1cscn1. The molecule has 0 aromatic carbocycles. The van der Waals surface area contributed by atoms with Crippen LogP contribution in [-0.4, -0.2) is 4.98 Å². The number of thioether (sulfide) groups is 1. The molecule has 0 saturated heterocycles. The number of rotatable bonds is 2. The highest BCUT2D eigenvalue weighted by molar-refractivity contribution is 8.03. The number of thiocyanates is 1. The molecule has 0 saturated carbocycles. The van der Waals surface area contributed by atoms with Crippen molar-refractivity contribution in [3.63, 3.8) is 0 Å². The Labute approximate surface area is 67.9 Å². The van der Waals surface area contributed by atoms with Crippen LogP contribution in [0.4, 0.5) is 0 Å². The fraction of sp³-hybridized carbons (Fsp3) is 0.333. The molecule has 0 N–H and O–H groups in total. The van der Waals surface area contributed by atoms with Crippen LogP contribution in [0.2, 0.25) is 0 Å². The van der Waals surface area contributed by atoms with E-state index in [4.69, 9.17) is 5.26 Å². The zero-order valence-electron chi connectivity index (χ0n) is 5.44. The van der Waals surface area contributed by atoms with Crippen LogP contribution in [0.3, 0.4) is 0 Å². The van der Waals surface area contributed by atoms with Gasteiger partial charge in [0.05, 0.1) is 16.5 Å². The molecule has 0 aliphatic carbocycles. The molecule has 2 nitrogen and oxygen atoms in total. The predicted octanol–water partition coefficient (Wildman–Crippen LogP) is 2.42. The zero-order valence-corrected chi connectivity index (χ0v) is 7.08. The normalized spacial score (nSPS) is 12.4. The molecule has 1 rings (SSSR count). The number of hydrogen-bond acceptors (Lipinski definition) is 4. The maximum absolute atomic E-state index is 8.32. The minimum atomic E-state index is 0.205. The van der Waals surface area contributed by atoms with Crippen molar-refractivity contribution in [2.75, 3.05) is 0 Å². The van der Waals surface area contributed by atoms with Gasteiger partial charge in [0.15, 0.2) is 0 Å². The average molecular weight is 170 g/mol. The number of nitrogens with zero attached hydrogens (tertiary/aromatic N) is 2. The Morgan fingerprint density at radius 2 is 2.70 bits per heavy atom. The molecule has 0 spiro atoms. The third kappa shape index (κ3) is 1.72. The first kappa shape index (κ1) is 7.58. The highest BCUT2D eigenvalue weighted by Gasteiger charge is 2.05. The van der Waals surface area contributed by atoms with Crippen LogP contribution in [0.5, 0.6) is 0 Å². The quantitative estimate of drug-likeness (QED) is 0.639. The summed E-state index contributed by atoms with van der Waals surface area (Å²) in [6.45, 7) is 1.98. The molecular weight excluding hydrogens is 164 g/mol. The van der Waals surface area contributed by atoms with E-state index in [1.807, 2.05) is 17.7 Å². The van der Waals surface area contributed by atoms with Crippen LogP contribution in [0.1, 0.15) is 17.9 Å². The first-order valence-electron chi connectivity index (χ1n) is 2.77. The van der Waals surface area contributed by atoms with Crippen molar-refractivity contribution in [1.82, 2.24) is 4.98 Å². The van der Waals surface area contributed by atoms with E-state index >= 15 is 0 Å². The smallest absolute Gasteiger partial charge is 0.134 e. The lowest BCUT2D eigenvalue weighted by atomic mass is 10.4. The van der Waals surface area contributed by atoms with Gasteiger partial charge in [-0.25, -0.2) is 4.98 Å². The summed E-state index contributed by atoms with van der Waals surface area (Å²) in [6, 6.07) is 0. The molecule has 4 heteroatoms. The molecule has 0 bridgehead atoms. The van der Waals surface area contributed by atoms with Crippen LogP contribution in [0, 0.1) is 10.7 Å². The number of hydrogen-bond donors (Lipinski definition) is 0. The van der Waals surface area contributed by atoms with E-state index in [9.17, 15) is 0 Å². The fourth-order valence-electron chi connectivity index (χ4n) is 0.562. The topological polar surface area (TPSA) is 36.7 Å². The van der Waals surface area contributed by atoms with Crippen molar-refractivity contribution in [3.05, 3.63) is 16.6 Å². The highest BCUT2D eigenvalue weighted by Crippen LogP contribution is 2.26. The van der Waals surface area contributed by atoms with Crippen molar-refractivity contribution in [3.8, 4) is 5.40 Å². The largest absolute Gasteiger partial charge is 0.249 e. The van der Waals surface area contributed by atoms with Crippen molar-refractivity contribution in [2.24, 2.45) is 0 Å². The summed E-state index contributed by atoms with van der Waals surface area (Å²) in [6.07, 6.45) is 0. The van der Waals surface area contributed by atoms with Crippen molar-refractivity contribution in [2.45, 2.75) is 12.2 Å².